The van der Waals surface area contributed by atoms with Crippen molar-refractivity contribution in [3.05, 3.63) is 18.2 Å². The van der Waals surface area contributed by atoms with Gasteiger partial charge in [-0.3, -0.25) is 9.89 Å². The van der Waals surface area contributed by atoms with Crippen LogP contribution in [-0.2, 0) is 4.79 Å². The molecule has 0 spiro atoms. The molecule has 0 saturated carbocycles. The van der Waals surface area contributed by atoms with Crippen molar-refractivity contribution in [2.45, 2.75) is 30.7 Å². The van der Waals surface area contributed by atoms with E-state index in [-0.39, 0.29) is 11.2 Å². The summed E-state index contributed by atoms with van der Waals surface area (Å²) in [6.07, 6.45) is 0.908. The van der Waals surface area contributed by atoms with Crippen LogP contribution in [0.2, 0.25) is 0 Å². The van der Waals surface area contributed by atoms with Crippen LogP contribution in [0.15, 0.2) is 23.4 Å². The molecular formula is C16H22N4O3S. The average Bonchev–Trinajstić information content (AvgIpc) is 3.07. The van der Waals surface area contributed by atoms with E-state index < -0.39 is 0 Å². The van der Waals surface area contributed by atoms with Crippen LogP contribution in [0.1, 0.15) is 20.3 Å². The highest BCUT2D eigenvalue weighted by Gasteiger charge is 2.18. The number of methoxy groups -OCH3 is 2. The normalized spacial score (nSPS) is 11.8. The summed E-state index contributed by atoms with van der Waals surface area (Å²) in [6.45, 7) is 4.52. The summed E-state index contributed by atoms with van der Waals surface area (Å²) in [5, 5.41) is 10.2. The maximum absolute atomic E-state index is 11.9. The lowest BCUT2D eigenvalue weighted by atomic mass is 10.2. The molecule has 1 heterocycles. The van der Waals surface area contributed by atoms with Gasteiger partial charge in [-0.05, 0) is 25.5 Å². The molecule has 0 fully saturated rings. The maximum atomic E-state index is 11.9. The van der Waals surface area contributed by atoms with Gasteiger partial charge in [0.15, 0.2) is 5.82 Å². The average molecular weight is 350 g/mol. The van der Waals surface area contributed by atoms with Crippen LogP contribution in [0, 0.1) is 0 Å². The van der Waals surface area contributed by atoms with E-state index >= 15 is 0 Å². The predicted octanol–water partition coefficient (Wildman–Crippen LogP) is 2.50. The summed E-state index contributed by atoms with van der Waals surface area (Å²) in [7, 11) is 3.19. The molecule has 1 aromatic heterocycles. The molecule has 1 unspecified atom stereocenters. The third-order valence-electron chi connectivity index (χ3n) is 3.33. The number of hydrogen-bond donors (Lipinski definition) is 2. The molecule has 1 atom stereocenters. The van der Waals surface area contributed by atoms with Crippen LogP contribution in [0.4, 0.5) is 0 Å². The highest BCUT2D eigenvalue weighted by atomic mass is 32.2. The third kappa shape index (κ3) is 4.41. The zero-order chi connectivity index (χ0) is 17.5. The van der Waals surface area contributed by atoms with Gasteiger partial charge in [-0.25, -0.2) is 4.98 Å². The number of hydrogen-bond acceptors (Lipinski definition) is 6. The molecule has 1 amide bonds. The van der Waals surface area contributed by atoms with Crippen molar-refractivity contribution in [1.29, 1.82) is 0 Å². The molecule has 130 valence electrons. The second-order valence-electron chi connectivity index (χ2n) is 5.08. The van der Waals surface area contributed by atoms with Gasteiger partial charge in [0, 0.05) is 12.6 Å². The lowest BCUT2D eigenvalue weighted by Gasteiger charge is -2.09. The molecule has 7 nitrogen and oxygen atoms in total. The Morgan fingerprint density at radius 3 is 2.83 bits per heavy atom. The molecule has 1 aromatic carbocycles. The summed E-state index contributed by atoms with van der Waals surface area (Å²) in [5.41, 5.74) is 0.778. The van der Waals surface area contributed by atoms with E-state index in [1.807, 2.05) is 26.0 Å². The van der Waals surface area contributed by atoms with Crippen molar-refractivity contribution in [1.82, 2.24) is 20.5 Å². The van der Waals surface area contributed by atoms with Crippen molar-refractivity contribution in [3.63, 3.8) is 0 Å². The fourth-order valence-corrected chi connectivity index (χ4v) is 2.77. The van der Waals surface area contributed by atoms with Crippen LogP contribution in [0.25, 0.3) is 11.4 Å². The molecule has 0 radical (unpaired) electrons. The predicted molar refractivity (Wildman–Crippen MR) is 93.5 cm³/mol. The monoisotopic (exact) mass is 350 g/mol. The van der Waals surface area contributed by atoms with E-state index in [4.69, 9.17) is 9.47 Å². The van der Waals surface area contributed by atoms with Crippen LogP contribution in [0.5, 0.6) is 11.5 Å². The highest BCUT2D eigenvalue weighted by Crippen LogP contribution is 2.32. The number of amides is 1. The number of H-pyrrole nitrogens is 1. The van der Waals surface area contributed by atoms with Gasteiger partial charge in [0.1, 0.15) is 11.5 Å². The minimum Gasteiger partial charge on any atom is -0.497 e. The SMILES string of the molecule is CCCNC(=O)C(C)Sc1n[nH]c(-c2ccc(OC)cc2OC)n1. The van der Waals surface area contributed by atoms with Crippen LogP contribution in [-0.4, -0.2) is 47.1 Å². The quantitative estimate of drug-likeness (QED) is 0.711. The van der Waals surface area contributed by atoms with Gasteiger partial charge in [0.2, 0.25) is 11.1 Å². The fourth-order valence-electron chi connectivity index (χ4n) is 2.02. The van der Waals surface area contributed by atoms with Crippen molar-refractivity contribution < 1.29 is 14.3 Å². The topological polar surface area (TPSA) is 89.1 Å². The largest absolute Gasteiger partial charge is 0.497 e. The number of thioether (sulfide) groups is 1. The number of nitrogens with one attached hydrogen (secondary N) is 2. The molecule has 8 heteroatoms. The lowest BCUT2D eigenvalue weighted by molar-refractivity contribution is -0.120. The Morgan fingerprint density at radius 2 is 2.17 bits per heavy atom. The first-order valence-electron chi connectivity index (χ1n) is 7.68. The Hall–Kier alpha value is -2.22. The molecule has 0 bridgehead atoms. The first-order chi connectivity index (χ1) is 11.6. The standard InChI is InChI=1S/C16H22N4O3S/c1-5-8-17-15(21)10(2)24-16-18-14(19-20-16)12-7-6-11(22-3)9-13(12)23-4/h6-7,9-10H,5,8H2,1-4H3,(H,17,21)(H,18,19,20). The molecular weight excluding hydrogens is 328 g/mol. The van der Waals surface area contributed by atoms with E-state index in [1.54, 1.807) is 20.3 Å². The number of aromatic nitrogens is 3. The van der Waals surface area contributed by atoms with Gasteiger partial charge in [-0.1, -0.05) is 18.7 Å². The first-order valence-corrected chi connectivity index (χ1v) is 8.56. The second-order valence-corrected chi connectivity index (χ2v) is 6.39. The number of aromatic amines is 1. The lowest BCUT2D eigenvalue weighted by Crippen LogP contribution is -2.31. The van der Waals surface area contributed by atoms with Gasteiger partial charge >= 0.3 is 0 Å². The van der Waals surface area contributed by atoms with Crippen molar-refractivity contribution in [2.75, 3.05) is 20.8 Å². The molecule has 2 N–H and O–H groups in total. The number of ether oxygens (including phenoxy) is 2. The Morgan fingerprint density at radius 1 is 1.38 bits per heavy atom. The van der Waals surface area contributed by atoms with E-state index in [1.165, 1.54) is 11.8 Å². The zero-order valence-electron chi connectivity index (χ0n) is 14.3. The summed E-state index contributed by atoms with van der Waals surface area (Å²) in [6, 6.07) is 5.46. The minimum absolute atomic E-state index is 0.0183. The van der Waals surface area contributed by atoms with E-state index in [0.717, 1.165) is 12.0 Å². The number of carbonyl (C=O) groups is 1. The summed E-state index contributed by atoms with van der Waals surface area (Å²) in [4.78, 5) is 16.4. The molecule has 2 aromatic rings. The number of carbonyl (C=O) groups excluding carboxylic acids is 1. The Kier molecular flexibility index (Phi) is 6.48. The maximum Gasteiger partial charge on any atom is 0.233 e. The molecule has 0 aliphatic carbocycles. The fraction of sp³-hybridized carbons (Fsp3) is 0.438. The molecule has 0 aliphatic heterocycles. The molecule has 2 rings (SSSR count). The summed E-state index contributed by atoms with van der Waals surface area (Å²) in [5.74, 6) is 1.90. The number of benzene rings is 1. The Balaban J connectivity index is 2.12. The minimum atomic E-state index is -0.266. The zero-order valence-corrected chi connectivity index (χ0v) is 15.1. The van der Waals surface area contributed by atoms with Gasteiger partial charge in [-0.2, -0.15) is 0 Å². The van der Waals surface area contributed by atoms with Crippen molar-refractivity contribution >= 4 is 17.7 Å². The third-order valence-corrected chi connectivity index (χ3v) is 4.29. The Bertz CT molecular complexity index is 690. The van der Waals surface area contributed by atoms with Crippen molar-refractivity contribution in [2.24, 2.45) is 0 Å². The van der Waals surface area contributed by atoms with Crippen LogP contribution < -0.4 is 14.8 Å². The molecule has 24 heavy (non-hydrogen) atoms. The van der Waals surface area contributed by atoms with E-state index in [2.05, 4.69) is 20.5 Å². The van der Waals surface area contributed by atoms with Crippen molar-refractivity contribution in [3.8, 4) is 22.9 Å². The van der Waals surface area contributed by atoms with Crippen LogP contribution >= 0.6 is 11.8 Å². The van der Waals surface area contributed by atoms with E-state index in [0.29, 0.717) is 29.0 Å². The Labute approximate surface area is 145 Å². The smallest absolute Gasteiger partial charge is 0.233 e. The number of rotatable bonds is 8. The summed E-state index contributed by atoms with van der Waals surface area (Å²) < 4.78 is 10.6. The number of nitrogens with zero attached hydrogens (tertiary/aromatic N) is 2. The van der Waals surface area contributed by atoms with Gasteiger partial charge in [0.05, 0.1) is 25.0 Å². The molecule has 0 saturated heterocycles. The van der Waals surface area contributed by atoms with Gasteiger partial charge in [0.25, 0.3) is 0 Å². The van der Waals surface area contributed by atoms with E-state index in [9.17, 15) is 4.79 Å². The molecule has 0 aliphatic rings. The summed E-state index contributed by atoms with van der Waals surface area (Å²) >= 11 is 1.31. The van der Waals surface area contributed by atoms with Crippen LogP contribution in [0.3, 0.4) is 0 Å². The second kappa shape index (κ2) is 8.58. The van der Waals surface area contributed by atoms with Gasteiger partial charge in [-0.15, -0.1) is 5.10 Å². The highest BCUT2D eigenvalue weighted by molar-refractivity contribution is 8.00. The first kappa shape index (κ1) is 18.1. The van der Waals surface area contributed by atoms with Gasteiger partial charge < -0.3 is 14.8 Å².